The van der Waals surface area contributed by atoms with E-state index in [0.29, 0.717) is 12.0 Å². The summed E-state index contributed by atoms with van der Waals surface area (Å²) in [5.74, 6) is 0.540. The van der Waals surface area contributed by atoms with Crippen LogP contribution in [0.5, 0.6) is 0 Å². The van der Waals surface area contributed by atoms with E-state index in [1.54, 1.807) is 0 Å². The van der Waals surface area contributed by atoms with Gasteiger partial charge in [-0.3, -0.25) is 0 Å². The molecule has 1 aromatic rings. The van der Waals surface area contributed by atoms with E-state index in [4.69, 9.17) is 5.11 Å². The Morgan fingerprint density at radius 1 is 1.40 bits per heavy atom. The van der Waals surface area contributed by atoms with Gasteiger partial charge in [-0.15, -0.1) is 11.3 Å². The van der Waals surface area contributed by atoms with Crippen LogP contribution >= 0.6 is 11.3 Å². The Kier molecular flexibility index (Phi) is 5.29. The SMILES string of the molecule is Cc1ccc(C(C)NCC(C)CCO)s1. The van der Waals surface area contributed by atoms with Crippen molar-refractivity contribution >= 4 is 11.3 Å². The third-order valence-electron chi connectivity index (χ3n) is 2.58. The van der Waals surface area contributed by atoms with Crippen LogP contribution in [0.25, 0.3) is 0 Å². The summed E-state index contributed by atoms with van der Waals surface area (Å²) in [5, 5.41) is 12.3. The van der Waals surface area contributed by atoms with Crippen LogP contribution in [-0.2, 0) is 0 Å². The quantitative estimate of drug-likeness (QED) is 0.783. The molecule has 0 radical (unpaired) electrons. The molecule has 0 amide bonds. The predicted octanol–water partition coefficient (Wildman–Crippen LogP) is 2.73. The second kappa shape index (κ2) is 6.26. The van der Waals surface area contributed by atoms with Gasteiger partial charge in [0.25, 0.3) is 0 Å². The van der Waals surface area contributed by atoms with Crippen molar-refractivity contribution in [1.29, 1.82) is 0 Å². The van der Waals surface area contributed by atoms with Crippen LogP contribution in [0, 0.1) is 12.8 Å². The topological polar surface area (TPSA) is 32.3 Å². The van der Waals surface area contributed by atoms with Crippen molar-refractivity contribution in [2.45, 2.75) is 33.2 Å². The van der Waals surface area contributed by atoms with E-state index in [1.165, 1.54) is 9.75 Å². The lowest BCUT2D eigenvalue weighted by atomic mass is 10.1. The van der Waals surface area contributed by atoms with E-state index >= 15 is 0 Å². The van der Waals surface area contributed by atoms with Crippen LogP contribution in [0.2, 0.25) is 0 Å². The lowest BCUT2D eigenvalue weighted by Crippen LogP contribution is -2.24. The van der Waals surface area contributed by atoms with Crippen LogP contribution in [0.4, 0.5) is 0 Å². The minimum absolute atomic E-state index is 0.287. The van der Waals surface area contributed by atoms with Crippen LogP contribution in [-0.4, -0.2) is 18.3 Å². The number of aryl methyl sites for hydroxylation is 1. The third-order valence-corrected chi connectivity index (χ3v) is 3.77. The molecule has 15 heavy (non-hydrogen) atoms. The Bertz CT molecular complexity index is 285. The summed E-state index contributed by atoms with van der Waals surface area (Å²) in [7, 11) is 0. The molecule has 3 heteroatoms. The molecule has 2 unspecified atom stereocenters. The van der Waals surface area contributed by atoms with Gasteiger partial charge in [-0.25, -0.2) is 0 Å². The van der Waals surface area contributed by atoms with Crippen molar-refractivity contribution in [3.05, 3.63) is 21.9 Å². The van der Waals surface area contributed by atoms with Crippen molar-refractivity contribution in [2.24, 2.45) is 5.92 Å². The number of nitrogens with one attached hydrogen (secondary N) is 1. The van der Waals surface area contributed by atoms with Crippen molar-refractivity contribution in [3.8, 4) is 0 Å². The molecule has 2 N–H and O–H groups in total. The van der Waals surface area contributed by atoms with Crippen LogP contribution < -0.4 is 5.32 Å². The molecule has 1 aromatic heterocycles. The van der Waals surface area contributed by atoms with Gasteiger partial charge in [0.15, 0.2) is 0 Å². The normalized spacial score (nSPS) is 15.2. The molecule has 0 saturated carbocycles. The number of hydrogen-bond donors (Lipinski definition) is 2. The first-order chi connectivity index (χ1) is 7.13. The highest BCUT2D eigenvalue weighted by Crippen LogP contribution is 2.22. The summed E-state index contributed by atoms with van der Waals surface area (Å²) < 4.78 is 0. The Labute approximate surface area is 96.3 Å². The molecule has 0 bridgehead atoms. The van der Waals surface area contributed by atoms with Gasteiger partial charge in [-0.05, 0) is 44.9 Å². The number of aliphatic hydroxyl groups is 1. The summed E-state index contributed by atoms with van der Waals surface area (Å²) in [6.45, 7) is 7.75. The maximum atomic E-state index is 8.80. The standard InChI is InChI=1S/C12H21NOS/c1-9(6-7-14)8-13-11(3)12-5-4-10(2)15-12/h4-5,9,11,13-14H,6-8H2,1-3H3. The van der Waals surface area contributed by atoms with E-state index in [1.807, 2.05) is 11.3 Å². The molecule has 2 atom stereocenters. The van der Waals surface area contributed by atoms with Crippen molar-refractivity contribution in [2.75, 3.05) is 13.2 Å². The van der Waals surface area contributed by atoms with Crippen molar-refractivity contribution in [1.82, 2.24) is 5.32 Å². The molecule has 0 aliphatic carbocycles. The number of thiophene rings is 1. The Hall–Kier alpha value is -0.380. The van der Waals surface area contributed by atoms with E-state index in [2.05, 4.69) is 38.2 Å². The van der Waals surface area contributed by atoms with E-state index in [-0.39, 0.29) is 6.61 Å². The van der Waals surface area contributed by atoms with Gasteiger partial charge in [0, 0.05) is 22.4 Å². The Balaban J connectivity index is 2.33. The lowest BCUT2D eigenvalue weighted by Gasteiger charge is -2.16. The van der Waals surface area contributed by atoms with Gasteiger partial charge in [0.05, 0.1) is 0 Å². The van der Waals surface area contributed by atoms with Gasteiger partial charge in [-0.2, -0.15) is 0 Å². The molecule has 2 nitrogen and oxygen atoms in total. The van der Waals surface area contributed by atoms with Gasteiger partial charge in [0.1, 0.15) is 0 Å². The Morgan fingerprint density at radius 3 is 2.67 bits per heavy atom. The first kappa shape index (κ1) is 12.7. The lowest BCUT2D eigenvalue weighted by molar-refractivity contribution is 0.258. The second-order valence-electron chi connectivity index (χ2n) is 4.20. The molecule has 0 aliphatic rings. The van der Waals surface area contributed by atoms with Crippen molar-refractivity contribution in [3.63, 3.8) is 0 Å². The highest BCUT2D eigenvalue weighted by Gasteiger charge is 2.08. The minimum atomic E-state index is 0.287. The zero-order valence-corrected chi connectivity index (χ0v) is 10.6. The number of hydrogen-bond acceptors (Lipinski definition) is 3. The minimum Gasteiger partial charge on any atom is -0.396 e. The average molecular weight is 227 g/mol. The fraction of sp³-hybridized carbons (Fsp3) is 0.667. The summed E-state index contributed by atoms with van der Waals surface area (Å²) in [6.07, 6.45) is 0.878. The first-order valence-corrected chi connectivity index (χ1v) is 6.35. The molecule has 0 spiro atoms. The molecule has 86 valence electrons. The molecule has 1 heterocycles. The molecular weight excluding hydrogens is 206 g/mol. The fourth-order valence-corrected chi connectivity index (χ4v) is 2.39. The third kappa shape index (κ3) is 4.33. The van der Waals surface area contributed by atoms with Gasteiger partial charge >= 0.3 is 0 Å². The fourth-order valence-electron chi connectivity index (χ4n) is 1.49. The summed E-state index contributed by atoms with van der Waals surface area (Å²) in [4.78, 5) is 2.76. The monoisotopic (exact) mass is 227 g/mol. The van der Waals surface area contributed by atoms with Crippen LogP contribution in [0.15, 0.2) is 12.1 Å². The second-order valence-corrected chi connectivity index (χ2v) is 5.52. The largest absolute Gasteiger partial charge is 0.396 e. The highest BCUT2D eigenvalue weighted by molar-refractivity contribution is 7.12. The molecule has 0 saturated heterocycles. The Morgan fingerprint density at radius 2 is 2.13 bits per heavy atom. The number of aliphatic hydroxyl groups excluding tert-OH is 1. The van der Waals surface area contributed by atoms with Crippen molar-refractivity contribution < 1.29 is 5.11 Å². The maximum Gasteiger partial charge on any atom is 0.0434 e. The highest BCUT2D eigenvalue weighted by atomic mass is 32.1. The summed E-state index contributed by atoms with van der Waals surface area (Å²) in [5.41, 5.74) is 0. The number of rotatable bonds is 6. The van der Waals surface area contributed by atoms with Gasteiger partial charge in [0.2, 0.25) is 0 Å². The summed E-state index contributed by atoms with van der Waals surface area (Å²) in [6, 6.07) is 4.77. The average Bonchev–Trinajstić information content (AvgIpc) is 2.62. The van der Waals surface area contributed by atoms with Crippen LogP contribution in [0.1, 0.15) is 36.1 Å². The van der Waals surface area contributed by atoms with E-state index in [0.717, 1.165) is 13.0 Å². The van der Waals surface area contributed by atoms with Crippen LogP contribution in [0.3, 0.4) is 0 Å². The smallest absolute Gasteiger partial charge is 0.0434 e. The first-order valence-electron chi connectivity index (χ1n) is 5.54. The maximum absolute atomic E-state index is 8.80. The zero-order chi connectivity index (χ0) is 11.3. The van der Waals surface area contributed by atoms with E-state index in [9.17, 15) is 0 Å². The molecule has 0 aliphatic heterocycles. The molecule has 0 fully saturated rings. The molecular formula is C12H21NOS. The van der Waals surface area contributed by atoms with Gasteiger partial charge in [-0.1, -0.05) is 6.92 Å². The van der Waals surface area contributed by atoms with Gasteiger partial charge < -0.3 is 10.4 Å². The predicted molar refractivity (Wildman–Crippen MR) is 66.3 cm³/mol. The summed E-state index contributed by atoms with van der Waals surface area (Å²) >= 11 is 1.85. The van der Waals surface area contributed by atoms with E-state index < -0.39 is 0 Å². The zero-order valence-electron chi connectivity index (χ0n) is 9.79. The molecule has 0 aromatic carbocycles. The molecule has 1 rings (SSSR count).